The van der Waals surface area contributed by atoms with Gasteiger partial charge in [0.25, 0.3) is 0 Å². The highest BCUT2D eigenvalue weighted by Gasteiger charge is 2.30. The second kappa shape index (κ2) is 5.58. The van der Waals surface area contributed by atoms with Crippen molar-refractivity contribution in [3.05, 3.63) is 34.3 Å². The van der Waals surface area contributed by atoms with Crippen LogP contribution in [0.1, 0.15) is 11.1 Å². The van der Waals surface area contributed by atoms with Crippen molar-refractivity contribution in [1.82, 2.24) is 5.32 Å². The molecule has 1 aromatic rings. The number of alkyl halides is 3. The molecule has 6 heteroatoms. The minimum Gasteiger partial charge on any atom is -0.316 e. The van der Waals surface area contributed by atoms with Gasteiger partial charge in [-0.2, -0.15) is 13.2 Å². The first kappa shape index (κ1) is 14.5. The highest BCUT2D eigenvalue weighted by Crippen LogP contribution is 2.31. The predicted octanol–water partition coefficient (Wildman–Crippen LogP) is 3.50. The van der Waals surface area contributed by atoms with Crippen LogP contribution in [0.25, 0.3) is 0 Å². The Bertz CT molecular complexity index is 326. The molecule has 0 saturated carbocycles. The van der Waals surface area contributed by atoms with Crippen molar-refractivity contribution in [2.75, 3.05) is 7.05 Å². The molecule has 0 aliphatic heterocycles. The molecule has 0 aliphatic rings. The zero-order valence-electron chi connectivity index (χ0n) is 7.86. The van der Waals surface area contributed by atoms with Crippen molar-refractivity contribution in [1.29, 1.82) is 0 Å². The van der Waals surface area contributed by atoms with Crippen LogP contribution in [0.4, 0.5) is 13.2 Å². The molecule has 1 N–H and O–H groups in total. The number of halogens is 5. The van der Waals surface area contributed by atoms with E-state index in [-0.39, 0.29) is 17.4 Å². The van der Waals surface area contributed by atoms with Gasteiger partial charge in [-0.1, -0.05) is 17.7 Å². The van der Waals surface area contributed by atoms with Crippen LogP contribution in [0, 0.1) is 0 Å². The van der Waals surface area contributed by atoms with Crippen molar-refractivity contribution in [3.63, 3.8) is 0 Å². The van der Waals surface area contributed by atoms with Gasteiger partial charge in [0.05, 0.1) is 5.56 Å². The summed E-state index contributed by atoms with van der Waals surface area (Å²) in [6, 6.07) is 3.34. The molecule has 1 nitrogen and oxygen atoms in total. The lowest BCUT2D eigenvalue weighted by atomic mass is 10.1. The SMILES string of the molecule is CNCc1ccc(C(F)(F)F)cc1Cl.Cl. The summed E-state index contributed by atoms with van der Waals surface area (Å²) in [6.07, 6.45) is -4.33. The van der Waals surface area contributed by atoms with Crippen LogP contribution in [0.15, 0.2) is 18.2 Å². The predicted molar refractivity (Wildman–Crippen MR) is 56.5 cm³/mol. The minimum atomic E-state index is -4.33. The summed E-state index contributed by atoms with van der Waals surface area (Å²) in [5.74, 6) is 0. The summed E-state index contributed by atoms with van der Waals surface area (Å²) in [5, 5.41) is 2.95. The molecule has 0 spiro atoms. The van der Waals surface area contributed by atoms with Crippen molar-refractivity contribution >= 4 is 24.0 Å². The number of nitrogens with one attached hydrogen (secondary N) is 1. The molecule has 0 aromatic heterocycles. The molecule has 15 heavy (non-hydrogen) atoms. The number of benzene rings is 1. The molecule has 0 atom stereocenters. The van der Waals surface area contributed by atoms with E-state index in [4.69, 9.17) is 11.6 Å². The van der Waals surface area contributed by atoms with E-state index in [0.29, 0.717) is 12.1 Å². The molecule has 1 aromatic carbocycles. The summed E-state index contributed by atoms with van der Waals surface area (Å²) >= 11 is 5.67. The molecule has 0 amide bonds. The molecule has 0 radical (unpaired) electrons. The van der Waals surface area contributed by atoms with Gasteiger partial charge >= 0.3 is 6.18 Å². The second-order valence-corrected chi connectivity index (χ2v) is 3.24. The van der Waals surface area contributed by atoms with Crippen LogP contribution in [-0.4, -0.2) is 7.05 Å². The van der Waals surface area contributed by atoms with Crippen LogP contribution in [0.2, 0.25) is 5.02 Å². The Balaban J connectivity index is 0.00000196. The van der Waals surface area contributed by atoms with Gasteiger partial charge in [-0.25, -0.2) is 0 Å². The third-order valence-electron chi connectivity index (χ3n) is 1.75. The fourth-order valence-electron chi connectivity index (χ4n) is 1.06. The van der Waals surface area contributed by atoms with Gasteiger partial charge in [-0.3, -0.25) is 0 Å². The Hall–Kier alpha value is -0.450. The monoisotopic (exact) mass is 259 g/mol. The van der Waals surface area contributed by atoms with Crippen LogP contribution in [0.3, 0.4) is 0 Å². The first-order valence-corrected chi connectivity index (χ1v) is 4.33. The first-order chi connectivity index (χ1) is 6.45. The van der Waals surface area contributed by atoms with E-state index in [1.165, 1.54) is 6.07 Å². The van der Waals surface area contributed by atoms with Crippen molar-refractivity contribution in [3.8, 4) is 0 Å². The number of rotatable bonds is 2. The van der Waals surface area contributed by atoms with E-state index in [9.17, 15) is 13.2 Å². The van der Waals surface area contributed by atoms with E-state index < -0.39 is 11.7 Å². The highest BCUT2D eigenvalue weighted by atomic mass is 35.5. The molecule has 0 saturated heterocycles. The van der Waals surface area contributed by atoms with Crippen LogP contribution >= 0.6 is 24.0 Å². The molecule has 86 valence electrons. The van der Waals surface area contributed by atoms with Crippen molar-refractivity contribution in [2.24, 2.45) is 0 Å². The van der Waals surface area contributed by atoms with Gasteiger partial charge in [-0.05, 0) is 24.7 Å². The quantitative estimate of drug-likeness (QED) is 0.858. The molecular formula is C9H10Cl2F3N. The average Bonchev–Trinajstić information content (AvgIpc) is 2.07. The van der Waals surface area contributed by atoms with Gasteiger partial charge in [0.15, 0.2) is 0 Å². The minimum absolute atomic E-state index is 0. The van der Waals surface area contributed by atoms with Crippen molar-refractivity contribution in [2.45, 2.75) is 12.7 Å². The Kier molecular flexibility index (Phi) is 5.42. The lowest BCUT2D eigenvalue weighted by Gasteiger charge is -2.09. The van der Waals surface area contributed by atoms with Crippen LogP contribution < -0.4 is 5.32 Å². The zero-order valence-corrected chi connectivity index (χ0v) is 9.43. The van der Waals surface area contributed by atoms with Crippen LogP contribution in [-0.2, 0) is 12.7 Å². The largest absolute Gasteiger partial charge is 0.416 e. The van der Waals surface area contributed by atoms with Gasteiger partial charge in [-0.15, -0.1) is 12.4 Å². The first-order valence-electron chi connectivity index (χ1n) is 3.95. The molecule has 0 unspecified atom stereocenters. The van der Waals surface area contributed by atoms with Gasteiger partial charge < -0.3 is 5.32 Å². The number of hydrogen-bond acceptors (Lipinski definition) is 1. The van der Waals surface area contributed by atoms with Gasteiger partial charge in [0.2, 0.25) is 0 Å². The van der Waals surface area contributed by atoms with Crippen molar-refractivity contribution < 1.29 is 13.2 Å². The van der Waals surface area contributed by atoms with E-state index in [1.807, 2.05) is 0 Å². The lowest BCUT2D eigenvalue weighted by Crippen LogP contribution is -2.08. The maximum atomic E-state index is 12.2. The molecule has 0 bridgehead atoms. The summed E-state index contributed by atoms with van der Waals surface area (Å²) in [6.45, 7) is 0.455. The normalized spacial score (nSPS) is 11.0. The fraction of sp³-hybridized carbons (Fsp3) is 0.333. The van der Waals surface area contributed by atoms with Gasteiger partial charge in [0.1, 0.15) is 0 Å². The lowest BCUT2D eigenvalue weighted by molar-refractivity contribution is -0.137. The summed E-state index contributed by atoms with van der Waals surface area (Å²) in [7, 11) is 1.70. The zero-order chi connectivity index (χ0) is 10.8. The summed E-state index contributed by atoms with van der Waals surface area (Å²) in [5.41, 5.74) is -0.0653. The second-order valence-electron chi connectivity index (χ2n) is 2.83. The van der Waals surface area contributed by atoms with E-state index >= 15 is 0 Å². The van der Waals surface area contributed by atoms with Crippen LogP contribution in [0.5, 0.6) is 0 Å². The molecule has 0 aliphatic carbocycles. The summed E-state index contributed by atoms with van der Waals surface area (Å²) < 4.78 is 36.6. The summed E-state index contributed by atoms with van der Waals surface area (Å²) in [4.78, 5) is 0. The fourth-order valence-corrected chi connectivity index (χ4v) is 1.30. The third-order valence-corrected chi connectivity index (χ3v) is 2.10. The van der Waals surface area contributed by atoms with E-state index in [0.717, 1.165) is 12.1 Å². The topological polar surface area (TPSA) is 12.0 Å². The maximum absolute atomic E-state index is 12.2. The Morgan fingerprint density at radius 3 is 2.33 bits per heavy atom. The Labute approximate surface area is 97.0 Å². The average molecular weight is 260 g/mol. The maximum Gasteiger partial charge on any atom is 0.416 e. The van der Waals surface area contributed by atoms with Gasteiger partial charge in [0, 0.05) is 11.6 Å². The Morgan fingerprint density at radius 2 is 1.93 bits per heavy atom. The Morgan fingerprint density at radius 1 is 1.33 bits per heavy atom. The van der Waals surface area contributed by atoms with E-state index in [1.54, 1.807) is 7.05 Å². The number of hydrogen-bond donors (Lipinski definition) is 1. The molecular weight excluding hydrogens is 250 g/mol. The third kappa shape index (κ3) is 3.89. The smallest absolute Gasteiger partial charge is 0.316 e. The molecule has 0 heterocycles. The molecule has 0 fully saturated rings. The highest BCUT2D eigenvalue weighted by molar-refractivity contribution is 6.31. The molecule has 1 rings (SSSR count). The standard InChI is InChI=1S/C9H9ClF3N.ClH/c1-14-5-6-2-3-7(4-8(6)10)9(11,12)13;/h2-4,14H,5H2,1H3;1H. The van der Waals surface area contributed by atoms with E-state index in [2.05, 4.69) is 5.32 Å².